The van der Waals surface area contributed by atoms with Gasteiger partial charge in [-0.15, -0.1) is 10.2 Å². The monoisotopic (exact) mass is 349 g/mol. The fourth-order valence-corrected chi connectivity index (χ4v) is 2.56. The minimum absolute atomic E-state index is 0.108. The van der Waals surface area contributed by atoms with Gasteiger partial charge >= 0.3 is 6.09 Å². The predicted octanol–water partition coefficient (Wildman–Crippen LogP) is 2.04. The van der Waals surface area contributed by atoms with E-state index in [1.54, 1.807) is 24.0 Å². The Morgan fingerprint density at radius 3 is 2.56 bits per heavy atom. The third kappa shape index (κ3) is 5.58. The van der Waals surface area contributed by atoms with Gasteiger partial charge in [-0.25, -0.2) is 4.79 Å². The Hall–Kier alpha value is -2.38. The molecule has 2 amide bonds. The first-order chi connectivity index (χ1) is 12.0. The zero-order chi connectivity index (χ0) is 18.2. The highest BCUT2D eigenvalue weighted by Crippen LogP contribution is 2.15. The first kappa shape index (κ1) is 19.0. The van der Waals surface area contributed by atoms with Crippen molar-refractivity contribution >= 4 is 17.8 Å². The van der Waals surface area contributed by atoms with Crippen LogP contribution < -0.4 is 10.6 Å². The molecule has 1 aliphatic rings. The van der Waals surface area contributed by atoms with Crippen LogP contribution in [0.3, 0.4) is 0 Å². The van der Waals surface area contributed by atoms with Crippen LogP contribution in [0.15, 0.2) is 12.1 Å². The number of nitrogens with one attached hydrogen (secondary N) is 2. The van der Waals surface area contributed by atoms with Gasteiger partial charge in [-0.05, 0) is 45.2 Å². The molecule has 0 radical (unpaired) electrons. The van der Waals surface area contributed by atoms with E-state index in [4.69, 9.17) is 4.74 Å². The number of hydrogen-bond donors (Lipinski definition) is 2. The van der Waals surface area contributed by atoms with Gasteiger partial charge in [0.05, 0.1) is 6.61 Å². The highest BCUT2D eigenvalue weighted by molar-refractivity contribution is 5.92. The molecule has 0 aromatic carbocycles. The fourth-order valence-electron chi connectivity index (χ4n) is 2.56. The van der Waals surface area contributed by atoms with Crippen LogP contribution in [0.5, 0.6) is 0 Å². The summed E-state index contributed by atoms with van der Waals surface area (Å²) in [6, 6.07) is 3.76. The molecule has 1 aromatic rings. The van der Waals surface area contributed by atoms with Crippen molar-refractivity contribution in [2.24, 2.45) is 0 Å². The maximum absolute atomic E-state index is 12.0. The summed E-state index contributed by atoms with van der Waals surface area (Å²) >= 11 is 0. The number of carbonyl (C=O) groups is 2. The molecule has 138 valence electrons. The average Bonchev–Trinajstić information content (AvgIpc) is 2.63. The Balaban J connectivity index is 1.82. The molecule has 2 N–H and O–H groups in total. The number of hydrogen-bond acceptors (Lipinski definition) is 6. The molecule has 25 heavy (non-hydrogen) atoms. The molecule has 8 nitrogen and oxygen atoms in total. The SMILES string of the molecule is CCOC(=O)N1CCC(Nc2ccc(C(=O)NC(C)CC)nn2)CC1. The van der Waals surface area contributed by atoms with Crippen LogP contribution >= 0.6 is 0 Å². The normalized spacial score (nSPS) is 16.2. The third-order valence-electron chi connectivity index (χ3n) is 4.26. The average molecular weight is 349 g/mol. The Morgan fingerprint density at radius 1 is 1.28 bits per heavy atom. The van der Waals surface area contributed by atoms with E-state index >= 15 is 0 Å². The Morgan fingerprint density at radius 2 is 2.00 bits per heavy atom. The molecule has 1 unspecified atom stereocenters. The quantitative estimate of drug-likeness (QED) is 0.816. The largest absolute Gasteiger partial charge is 0.450 e. The molecule has 1 saturated heterocycles. The van der Waals surface area contributed by atoms with Crippen LogP contribution in [-0.2, 0) is 4.74 Å². The highest BCUT2D eigenvalue weighted by Gasteiger charge is 2.23. The van der Waals surface area contributed by atoms with E-state index in [-0.39, 0.29) is 24.1 Å². The van der Waals surface area contributed by atoms with Crippen molar-refractivity contribution in [3.8, 4) is 0 Å². The summed E-state index contributed by atoms with van der Waals surface area (Å²) in [4.78, 5) is 25.4. The molecule has 1 aromatic heterocycles. The lowest BCUT2D eigenvalue weighted by atomic mass is 10.1. The number of aromatic nitrogens is 2. The van der Waals surface area contributed by atoms with Gasteiger partial charge in [0, 0.05) is 25.2 Å². The number of carbonyl (C=O) groups excluding carboxylic acids is 2. The van der Waals surface area contributed by atoms with Crippen molar-refractivity contribution in [2.45, 2.75) is 52.1 Å². The van der Waals surface area contributed by atoms with Crippen molar-refractivity contribution < 1.29 is 14.3 Å². The van der Waals surface area contributed by atoms with Crippen LogP contribution in [0, 0.1) is 0 Å². The molecule has 2 heterocycles. The van der Waals surface area contributed by atoms with Crippen LogP contribution in [0.4, 0.5) is 10.6 Å². The van der Waals surface area contributed by atoms with Crippen LogP contribution in [0.25, 0.3) is 0 Å². The lowest BCUT2D eigenvalue weighted by Crippen LogP contribution is -2.42. The molecule has 1 aliphatic heterocycles. The summed E-state index contributed by atoms with van der Waals surface area (Å²) in [5, 5.41) is 14.2. The summed E-state index contributed by atoms with van der Waals surface area (Å²) in [6.07, 6.45) is 2.24. The van der Waals surface area contributed by atoms with Gasteiger partial charge in [0.1, 0.15) is 5.82 Å². The maximum atomic E-state index is 12.0. The first-order valence-electron chi connectivity index (χ1n) is 8.86. The van der Waals surface area contributed by atoms with Crippen molar-refractivity contribution in [1.82, 2.24) is 20.4 Å². The minimum atomic E-state index is -0.252. The standard InChI is InChI=1S/C17H27N5O3/c1-4-12(3)18-16(23)14-6-7-15(21-20-14)19-13-8-10-22(11-9-13)17(24)25-5-2/h6-7,12-13H,4-5,8-11H2,1-3H3,(H,18,23)(H,19,21). The van der Waals surface area contributed by atoms with Crippen molar-refractivity contribution in [2.75, 3.05) is 25.0 Å². The van der Waals surface area contributed by atoms with Gasteiger partial charge in [0.25, 0.3) is 5.91 Å². The van der Waals surface area contributed by atoms with Crippen molar-refractivity contribution in [1.29, 1.82) is 0 Å². The van der Waals surface area contributed by atoms with E-state index in [1.165, 1.54) is 0 Å². The summed E-state index contributed by atoms with van der Waals surface area (Å²) in [7, 11) is 0. The summed E-state index contributed by atoms with van der Waals surface area (Å²) in [6.45, 7) is 7.46. The topological polar surface area (TPSA) is 96.5 Å². The molecular weight excluding hydrogens is 322 g/mol. The van der Waals surface area contributed by atoms with E-state index < -0.39 is 0 Å². The fraction of sp³-hybridized carbons (Fsp3) is 0.647. The first-order valence-corrected chi connectivity index (χ1v) is 8.86. The number of amides is 2. The number of rotatable bonds is 6. The van der Waals surface area contributed by atoms with E-state index in [9.17, 15) is 9.59 Å². The Labute approximate surface area is 148 Å². The molecule has 1 fully saturated rings. The van der Waals surface area contributed by atoms with Crippen LogP contribution in [-0.4, -0.2) is 58.9 Å². The molecule has 0 saturated carbocycles. The number of piperidine rings is 1. The molecule has 2 rings (SSSR count). The van der Waals surface area contributed by atoms with Crippen LogP contribution in [0.2, 0.25) is 0 Å². The second-order valence-electron chi connectivity index (χ2n) is 6.19. The highest BCUT2D eigenvalue weighted by atomic mass is 16.6. The number of likely N-dealkylation sites (tertiary alicyclic amines) is 1. The number of ether oxygens (including phenoxy) is 1. The summed E-state index contributed by atoms with van der Waals surface area (Å²) < 4.78 is 5.01. The Bertz CT molecular complexity index is 570. The zero-order valence-electron chi connectivity index (χ0n) is 15.1. The second kappa shape index (κ2) is 9.19. The van der Waals surface area contributed by atoms with Crippen LogP contribution in [0.1, 0.15) is 50.5 Å². The van der Waals surface area contributed by atoms with E-state index in [0.717, 1.165) is 19.3 Å². The van der Waals surface area contributed by atoms with E-state index in [0.29, 0.717) is 31.2 Å². The molecule has 0 aliphatic carbocycles. The Kier molecular flexibility index (Phi) is 6.97. The smallest absolute Gasteiger partial charge is 0.409 e. The summed E-state index contributed by atoms with van der Waals surface area (Å²) in [5.74, 6) is 0.422. The van der Waals surface area contributed by atoms with Gasteiger partial charge in [-0.2, -0.15) is 0 Å². The lowest BCUT2D eigenvalue weighted by molar-refractivity contribution is 0.0932. The molecule has 8 heteroatoms. The molecule has 0 spiro atoms. The lowest BCUT2D eigenvalue weighted by Gasteiger charge is -2.31. The van der Waals surface area contributed by atoms with Gasteiger partial charge in [0.15, 0.2) is 5.69 Å². The predicted molar refractivity (Wildman–Crippen MR) is 94.5 cm³/mol. The van der Waals surface area contributed by atoms with E-state index in [2.05, 4.69) is 20.8 Å². The van der Waals surface area contributed by atoms with Gasteiger partial charge < -0.3 is 20.3 Å². The molecule has 0 bridgehead atoms. The maximum Gasteiger partial charge on any atom is 0.409 e. The number of nitrogens with zero attached hydrogens (tertiary/aromatic N) is 3. The number of anilines is 1. The molecular formula is C17H27N5O3. The minimum Gasteiger partial charge on any atom is -0.450 e. The van der Waals surface area contributed by atoms with Crippen molar-refractivity contribution in [3.05, 3.63) is 17.8 Å². The third-order valence-corrected chi connectivity index (χ3v) is 4.26. The summed E-state index contributed by atoms with van der Waals surface area (Å²) in [5.41, 5.74) is 0.308. The second-order valence-corrected chi connectivity index (χ2v) is 6.19. The van der Waals surface area contributed by atoms with E-state index in [1.807, 2.05) is 13.8 Å². The molecule has 1 atom stereocenters. The van der Waals surface area contributed by atoms with Gasteiger partial charge in [-0.1, -0.05) is 6.92 Å². The van der Waals surface area contributed by atoms with Crippen molar-refractivity contribution in [3.63, 3.8) is 0 Å². The van der Waals surface area contributed by atoms with Gasteiger partial charge in [0.2, 0.25) is 0 Å². The van der Waals surface area contributed by atoms with Gasteiger partial charge in [-0.3, -0.25) is 4.79 Å². The zero-order valence-corrected chi connectivity index (χ0v) is 15.1.